The highest BCUT2D eigenvalue weighted by molar-refractivity contribution is 6.30. The number of nitrogens with zero attached hydrogens (tertiary/aromatic N) is 4. The van der Waals surface area contributed by atoms with Crippen LogP contribution in [0.5, 0.6) is 0 Å². The fourth-order valence-electron chi connectivity index (χ4n) is 5.28. The number of pyridine rings is 1. The molecule has 0 bridgehead atoms. The highest BCUT2D eigenvalue weighted by Gasteiger charge is 2.59. The van der Waals surface area contributed by atoms with E-state index >= 15 is 0 Å². The molecule has 2 saturated carbocycles. The van der Waals surface area contributed by atoms with Crippen LogP contribution in [-0.2, 0) is 0 Å². The minimum Gasteiger partial charge on any atom is -0.349 e. The van der Waals surface area contributed by atoms with Gasteiger partial charge in [-0.15, -0.1) is 0 Å². The van der Waals surface area contributed by atoms with Crippen molar-refractivity contribution in [2.75, 3.05) is 0 Å². The highest BCUT2D eigenvalue weighted by Crippen LogP contribution is 2.62. The van der Waals surface area contributed by atoms with Crippen LogP contribution in [-0.4, -0.2) is 26.5 Å². The first kappa shape index (κ1) is 19.1. The number of amides is 1. The number of hydrogen-bond donors (Lipinski definition) is 1. The Labute approximate surface area is 179 Å². The van der Waals surface area contributed by atoms with Crippen LogP contribution >= 0.6 is 11.6 Å². The van der Waals surface area contributed by atoms with Gasteiger partial charge in [0.15, 0.2) is 5.65 Å². The number of hydrogen-bond acceptors (Lipinski definition) is 4. The average molecular weight is 420 g/mol. The lowest BCUT2D eigenvalue weighted by atomic mass is 9.99. The van der Waals surface area contributed by atoms with E-state index in [4.69, 9.17) is 16.9 Å². The fraction of sp³-hybridized carbons (Fsp3) is 0.391. The molecule has 0 saturated heterocycles. The molecule has 3 aromatic rings. The van der Waals surface area contributed by atoms with Gasteiger partial charge in [0.25, 0.3) is 5.91 Å². The van der Waals surface area contributed by atoms with Crippen LogP contribution < -0.4 is 5.32 Å². The van der Waals surface area contributed by atoms with Crippen LogP contribution in [0.15, 0.2) is 42.9 Å². The zero-order valence-corrected chi connectivity index (χ0v) is 17.4. The van der Waals surface area contributed by atoms with Gasteiger partial charge >= 0.3 is 0 Å². The Kier molecular flexibility index (Phi) is 4.71. The molecule has 1 amide bonds. The SMILES string of the molecule is CCC(NC(=O)c1ccc(Cl)cc1)[C@H]1C2C[C@@H](n3cnc4ncc(C#N)cc43)C[C@@H]21. The Hall–Kier alpha value is -2.91. The Bertz CT molecular complexity index is 1140. The molecular weight excluding hydrogens is 398 g/mol. The Morgan fingerprint density at radius 3 is 2.70 bits per heavy atom. The van der Waals surface area contributed by atoms with Gasteiger partial charge in [0.05, 0.1) is 17.4 Å². The number of carbonyl (C=O) groups is 1. The van der Waals surface area contributed by atoms with Crippen molar-refractivity contribution in [2.45, 2.75) is 38.3 Å². The molecule has 7 heteroatoms. The Balaban J connectivity index is 1.26. The molecule has 2 aromatic heterocycles. The standard InChI is InChI=1S/C23H22ClN5O/c1-2-19(28-23(30)14-3-5-15(24)6-4-14)21-17-8-16(9-18(17)21)29-12-27-22-20(29)7-13(10-25)11-26-22/h3-7,11-12,16-19,21H,2,8-9H2,1H3,(H,28,30)/t16-,17-,18?,19?,21+/m0/s1. The summed E-state index contributed by atoms with van der Waals surface area (Å²) >= 11 is 5.93. The first-order valence-corrected chi connectivity index (χ1v) is 10.8. The van der Waals surface area contributed by atoms with Crippen LogP contribution in [0, 0.1) is 29.1 Å². The molecule has 5 atom stereocenters. The molecule has 0 aliphatic heterocycles. The number of nitrogens with one attached hydrogen (secondary N) is 1. The van der Waals surface area contributed by atoms with Gasteiger partial charge in [-0.05, 0) is 67.3 Å². The molecule has 2 aliphatic carbocycles. The molecule has 152 valence electrons. The fourth-order valence-corrected chi connectivity index (χ4v) is 5.40. The van der Waals surface area contributed by atoms with Crippen molar-refractivity contribution in [3.05, 3.63) is 59.0 Å². The van der Waals surface area contributed by atoms with E-state index in [0.717, 1.165) is 24.8 Å². The van der Waals surface area contributed by atoms with Crippen molar-refractivity contribution in [3.63, 3.8) is 0 Å². The second-order valence-corrected chi connectivity index (χ2v) is 8.79. The molecule has 1 N–H and O–H groups in total. The molecule has 0 radical (unpaired) electrons. The van der Waals surface area contributed by atoms with Crippen LogP contribution in [0.4, 0.5) is 0 Å². The van der Waals surface area contributed by atoms with Gasteiger partial charge in [-0.25, -0.2) is 9.97 Å². The van der Waals surface area contributed by atoms with Crippen molar-refractivity contribution in [1.29, 1.82) is 5.26 Å². The third-order valence-corrected chi connectivity index (χ3v) is 7.02. The zero-order chi connectivity index (χ0) is 20.8. The van der Waals surface area contributed by atoms with Crippen LogP contribution in [0.25, 0.3) is 11.2 Å². The van der Waals surface area contributed by atoms with Crippen LogP contribution in [0.3, 0.4) is 0 Å². The summed E-state index contributed by atoms with van der Waals surface area (Å²) in [5.74, 6) is 1.74. The number of carbonyl (C=O) groups excluding carboxylic acids is 1. The largest absolute Gasteiger partial charge is 0.349 e. The molecule has 0 spiro atoms. The Morgan fingerprint density at radius 2 is 2.03 bits per heavy atom. The number of benzene rings is 1. The second-order valence-electron chi connectivity index (χ2n) is 8.36. The summed E-state index contributed by atoms with van der Waals surface area (Å²) in [5, 5.41) is 13.0. The smallest absolute Gasteiger partial charge is 0.251 e. The number of imidazole rings is 1. The molecular formula is C23H22ClN5O. The zero-order valence-electron chi connectivity index (χ0n) is 16.6. The normalized spacial score (nSPS) is 25.5. The van der Waals surface area contributed by atoms with Crippen molar-refractivity contribution in [1.82, 2.24) is 19.9 Å². The minimum atomic E-state index is -0.0317. The van der Waals surface area contributed by atoms with E-state index in [1.54, 1.807) is 30.5 Å². The third-order valence-electron chi connectivity index (χ3n) is 6.77. The maximum Gasteiger partial charge on any atom is 0.251 e. The number of aromatic nitrogens is 3. The summed E-state index contributed by atoms with van der Waals surface area (Å²) in [6.45, 7) is 2.14. The van der Waals surface area contributed by atoms with Gasteiger partial charge < -0.3 is 9.88 Å². The molecule has 2 aliphatic rings. The van der Waals surface area contributed by atoms with Gasteiger partial charge in [-0.2, -0.15) is 5.26 Å². The lowest BCUT2D eigenvalue weighted by Gasteiger charge is -2.22. The van der Waals surface area contributed by atoms with E-state index in [1.807, 2.05) is 12.4 Å². The second kappa shape index (κ2) is 7.41. The average Bonchev–Trinajstić information content (AvgIpc) is 3.09. The van der Waals surface area contributed by atoms with Crippen LogP contribution in [0.1, 0.15) is 48.1 Å². The molecule has 30 heavy (non-hydrogen) atoms. The number of nitriles is 1. The lowest BCUT2D eigenvalue weighted by molar-refractivity contribution is 0.0927. The quantitative estimate of drug-likeness (QED) is 0.665. The van der Waals surface area contributed by atoms with E-state index in [1.165, 1.54) is 0 Å². The van der Waals surface area contributed by atoms with Crippen LogP contribution in [0.2, 0.25) is 5.02 Å². The van der Waals surface area contributed by atoms with Crippen molar-refractivity contribution in [2.24, 2.45) is 17.8 Å². The van der Waals surface area contributed by atoms with E-state index in [2.05, 4.69) is 32.8 Å². The molecule has 2 fully saturated rings. The Morgan fingerprint density at radius 1 is 1.30 bits per heavy atom. The molecule has 2 unspecified atom stereocenters. The van der Waals surface area contributed by atoms with E-state index < -0.39 is 0 Å². The van der Waals surface area contributed by atoms with Gasteiger partial charge in [0, 0.05) is 28.9 Å². The molecule has 6 nitrogen and oxygen atoms in total. The topological polar surface area (TPSA) is 83.6 Å². The predicted molar refractivity (Wildman–Crippen MR) is 114 cm³/mol. The molecule has 2 heterocycles. The van der Waals surface area contributed by atoms with Gasteiger partial charge in [0.1, 0.15) is 6.07 Å². The van der Waals surface area contributed by atoms with Crippen molar-refractivity contribution >= 4 is 28.7 Å². The number of rotatable bonds is 5. The summed E-state index contributed by atoms with van der Waals surface area (Å²) in [6, 6.07) is 11.6. The van der Waals surface area contributed by atoms with E-state index in [9.17, 15) is 4.79 Å². The lowest BCUT2D eigenvalue weighted by Crippen LogP contribution is -2.37. The van der Waals surface area contributed by atoms with Crippen molar-refractivity contribution in [3.8, 4) is 6.07 Å². The predicted octanol–water partition coefficient (Wildman–Crippen LogP) is 4.36. The first-order chi connectivity index (χ1) is 14.6. The summed E-state index contributed by atoms with van der Waals surface area (Å²) < 4.78 is 2.18. The van der Waals surface area contributed by atoms with E-state index in [0.29, 0.717) is 45.6 Å². The summed E-state index contributed by atoms with van der Waals surface area (Å²) in [7, 11) is 0. The molecule has 1 aromatic carbocycles. The van der Waals surface area contributed by atoms with E-state index in [-0.39, 0.29) is 11.9 Å². The van der Waals surface area contributed by atoms with Crippen molar-refractivity contribution < 1.29 is 4.79 Å². The summed E-state index contributed by atoms with van der Waals surface area (Å²) in [4.78, 5) is 21.3. The van der Waals surface area contributed by atoms with Gasteiger partial charge in [-0.1, -0.05) is 18.5 Å². The summed E-state index contributed by atoms with van der Waals surface area (Å²) in [5.41, 5.74) is 2.82. The molecule has 5 rings (SSSR count). The minimum absolute atomic E-state index is 0.0317. The maximum atomic E-state index is 12.6. The number of halogens is 1. The van der Waals surface area contributed by atoms with Gasteiger partial charge in [-0.3, -0.25) is 4.79 Å². The first-order valence-electron chi connectivity index (χ1n) is 10.4. The van der Waals surface area contributed by atoms with Gasteiger partial charge in [0.2, 0.25) is 0 Å². The maximum absolute atomic E-state index is 12.6. The summed E-state index contributed by atoms with van der Waals surface area (Å²) in [6.07, 6.45) is 6.49. The number of fused-ring (bicyclic) bond motifs is 2. The third kappa shape index (κ3) is 3.23. The monoisotopic (exact) mass is 419 g/mol. The highest BCUT2D eigenvalue weighted by atomic mass is 35.5.